The highest BCUT2D eigenvalue weighted by Gasteiger charge is 2.32. The third-order valence-electron chi connectivity index (χ3n) is 4.15. The lowest BCUT2D eigenvalue weighted by Crippen LogP contribution is -2.39. The summed E-state index contributed by atoms with van der Waals surface area (Å²) in [6.45, 7) is 3.99. The Balaban J connectivity index is 2.19. The Hall–Kier alpha value is -2.24. The van der Waals surface area contributed by atoms with E-state index in [-0.39, 0.29) is 30.0 Å². The van der Waals surface area contributed by atoms with Gasteiger partial charge in [-0.15, -0.1) is 0 Å². The normalized spacial score (nSPS) is 19.0. The van der Waals surface area contributed by atoms with Crippen molar-refractivity contribution >= 4 is 22.7 Å². The minimum absolute atomic E-state index is 0.142. The first-order valence-electron chi connectivity index (χ1n) is 7.38. The summed E-state index contributed by atoms with van der Waals surface area (Å²) in [5, 5.41) is 7.44. The van der Waals surface area contributed by atoms with Crippen molar-refractivity contribution in [3.63, 3.8) is 0 Å². The third-order valence-corrected chi connectivity index (χ3v) is 4.15. The van der Waals surface area contributed by atoms with Gasteiger partial charge in [-0.2, -0.15) is 5.10 Å². The second kappa shape index (κ2) is 5.19. The molecule has 1 fully saturated rings. The predicted octanol–water partition coefficient (Wildman–Crippen LogP) is 2.36. The van der Waals surface area contributed by atoms with Gasteiger partial charge in [-0.25, -0.2) is 4.39 Å². The maximum atomic E-state index is 14.0. The lowest BCUT2D eigenvalue weighted by molar-refractivity contribution is -0.134. The summed E-state index contributed by atoms with van der Waals surface area (Å²) in [6.07, 6.45) is 0.686. The van der Waals surface area contributed by atoms with Gasteiger partial charge >= 0.3 is 0 Å². The van der Waals surface area contributed by atoms with Crippen LogP contribution >= 0.6 is 0 Å². The molecule has 5 nitrogen and oxygen atoms in total. The van der Waals surface area contributed by atoms with Gasteiger partial charge < -0.3 is 0 Å². The number of rotatable bonds is 2. The standard InChI is InChI=1S/C16H18FN3O2/c1-8(2)11-6-9(17)7-12-14(19-20(3)15(11)12)10-4-5-13(21)18-16(10)22/h6-8,10H,4-5H2,1-3H3,(H,18,21,22)/t10-/m1/s1. The molecule has 22 heavy (non-hydrogen) atoms. The highest BCUT2D eigenvalue weighted by molar-refractivity contribution is 6.02. The number of carbonyl (C=O) groups is 2. The van der Waals surface area contributed by atoms with Gasteiger partial charge in [-0.3, -0.25) is 19.6 Å². The van der Waals surface area contributed by atoms with Crippen molar-refractivity contribution in [3.05, 3.63) is 29.2 Å². The van der Waals surface area contributed by atoms with Crippen LogP contribution in [0.4, 0.5) is 4.39 Å². The van der Waals surface area contributed by atoms with E-state index < -0.39 is 5.92 Å². The SMILES string of the molecule is CC(C)c1cc(F)cc2c([C@H]3CCC(=O)NC3=O)nn(C)c12. The topological polar surface area (TPSA) is 64.0 Å². The number of hydrogen-bond donors (Lipinski definition) is 1. The fourth-order valence-corrected chi connectivity index (χ4v) is 3.09. The van der Waals surface area contributed by atoms with Crippen molar-refractivity contribution in [2.75, 3.05) is 0 Å². The molecule has 6 heteroatoms. The molecule has 1 saturated heterocycles. The molecule has 1 aliphatic rings. The molecule has 2 heterocycles. The van der Waals surface area contributed by atoms with E-state index in [9.17, 15) is 14.0 Å². The quantitative estimate of drug-likeness (QED) is 0.866. The largest absolute Gasteiger partial charge is 0.296 e. The smallest absolute Gasteiger partial charge is 0.235 e. The van der Waals surface area contributed by atoms with E-state index in [1.807, 2.05) is 13.8 Å². The van der Waals surface area contributed by atoms with Crippen molar-refractivity contribution in [2.45, 2.75) is 38.5 Å². The molecule has 0 spiro atoms. The second-order valence-corrected chi connectivity index (χ2v) is 6.06. The van der Waals surface area contributed by atoms with Crippen LogP contribution in [0.15, 0.2) is 12.1 Å². The molecule has 0 aliphatic carbocycles. The van der Waals surface area contributed by atoms with E-state index in [2.05, 4.69) is 10.4 Å². The summed E-state index contributed by atoms with van der Waals surface area (Å²) >= 11 is 0. The van der Waals surface area contributed by atoms with Crippen LogP contribution in [0.3, 0.4) is 0 Å². The molecule has 116 valence electrons. The zero-order chi connectivity index (χ0) is 16.0. The van der Waals surface area contributed by atoms with E-state index in [1.165, 1.54) is 12.1 Å². The molecule has 0 radical (unpaired) electrons. The number of amides is 2. The molecule has 1 aliphatic heterocycles. The van der Waals surface area contributed by atoms with Gasteiger partial charge in [-0.1, -0.05) is 13.8 Å². The number of aromatic nitrogens is 2. The number of benzene rings is 1. The first-order valence-corrected chi connectivity index (χ1v) is 7.38. The van der Waals surface area contributed by atoms with Gasteiger partial charge in [0.1, 0.15) is 5.82 Å². The number of nitrogens with one attached hydrogen (secondary N) is 1. The lowest BCUT2D eigenvalue weighted by Gasteiger charge is -2.19. The molecule has 1 atom stereocenters. The summed E-state index contributed by atoms with van der Waals surface area (Å²) in [7, 11) is 1.79. The van der Waals surface area contributed by atoms with E-state index in [0.29, 0.717) is 17.5 Å². The van der Waals surface area contributed by atoms with Gasteiger partial charge in [0.2, 0.25) is 11.8 Å². The summed E-state index contributed by atoms with van der Waals surface area (Å²) in [6, 6.07) is 2.94. The van der Waals surface area contributed by atoms with Crippen LogP contribution in [-0.4, -0.2) is 21.6 Å². The summed E-state index contributed by atoms with van der Waals surface area (Å²) in [5.74, 6) is -1.33. The monoisotopic (exact) mass is 303 g/mol. The number of fused-ring (bicyclic) bond motifs is 1. The number of piperidine rings is 1. The van der Waals surface area contributed by atoms with E-state index in [4.69, 9.17) is 0 Å². The molecule has 1 aromatic heterocycles. The molecule has 0 unspecified atom stereocenters. The van der Waals surface area contributed by atoms with Crippen molar-refractivity contribution < 1.29 is 14.0 Å². The minimum atomic E-state index is -0.511. The molecular weight excluding hydrogens is 285 g/mol. The van der Waals surface area contributed by atoms with Crippen molar-refractivity contribution in [2.24, 2.45) is 7.05 Å². The Morgan fingerprint density at radius 1 is 1.36 bits per heavy atom. The van der Waals surface area contributed by atoms with Crippen LogP contribution in [0.2, 0.25) is 0 Å². The minimum Gasteiger partial charge on any atom is -0.296 e. The van der Waals surface area contributed by atoms with E-state index in [0.717, 1.165) is 11.1 Å². The average Bonchev–Trinajstić information content (AvgIpc) is 2.75. The number of nitrogens with zero attached hydrogens (tertiary/aromatic N) is 2. The molecule has 1 aromatic carbocycles. The maximum absolute atomic E-state index is 14.0. The fraction of sp³-hybridized carbons (Fsp3) is 0.438. The molecule has 1 N–H and O–H groups in total. The number of aryl methyl sites for hydroxylation is 1. The van der Waals surface area contributed by atoms with Gasteiger partial charge in [0, 0.05) is 18.9 Å². The zero-order valence-corrected chi connectivity index (χ0v) is 12.8. The third kappa shape index (κ3) is 2.28. The van der Waals surface area contributed by atoms with Crippen LogP contribution < -0.4 is 5.32 Å². The number of imide groups is 1. The molecule has 3 rings (SSSR count). The van der Waals surface area contributed by atoms with Crippen LogP contribution in [0.25, 0.3) is 10.9 Å². The molecule has 0 saturated carbocycles. The maximum Gasteiger partial charge on any atom is 0.235 e. The molecule has 2 aromatic rings. The highest BCUT2D eigenvalue weighted by atomic mass is 19.1. The first kappa shape index (κ1) is 14.7. The van der Waals surface area contributed by atoms with E-state index >= 15 is 0 Å². The Labute approximate surface area is 127 Å². The van der Waals surface area contributed by atoms with Crippen molar-refractivity contribution in [1.29, 1.82) is 0 Å². The van der Waals surface area contributed by atoms with Crippen LogP contribution in [0.1, 0.15) is 49.8 Å². The van der Waals surface area contributed by atoms with Gasteiger partial charge in [0.15, 0.2) is 0 Å². The Kier molecular flexibility index (Phi) is 3.47. The number of halogens is 1. The summed E-state index contributed by atoms with van der Waals surface area (Å²) < 4.78 is 15.7. The molecule has 0 bridgehead atoms. The van der Waals surface area contributed by atoms with Crippen molar-refractivity contribution in [3.8, 4) is 0 Å². The van der Waals surface area contributed by atoms with Gasteiger partial charge in [-0.05, 0) is 30.0 Å². The molecular formula is C16H18FN3O2. The second-order valence-electron chi connectivity index (χ2n) is 6.06. The van der Waals surface area contributed by atoms with Gasteiger partial charge in [0.05, 0.1) is 17.1 Å². The molecule has 2 amide bonds. The first-order chi connectivity index (χ1) is 10.4. The van der Waals surface area contributed by atoms with Crippen LogP contribution in [-0.2, 0) is 16.6 Å². The average molecular weight is 303 g/mol. The highest BCUT2D eigenvalue weighted by Crippen LogP contribution is 2.34. The van der Waals surface area contributed by atoms with Crippen LogP contribution in [0.5, 0.6) is 0 Å². The summed E-state index contributed by atoms with van der Waals surface area (Å²) in [4.78, 5) is 23.4. The zero-order valence-electron chi connectivity index (χ0n) is 12.8. The Morgan fingerprint density at radius 2 is 2.09 bits per heavy atom. The van der Waals surface area contributed by atoms with E-state index in [1.54, 1.807) is 11.7 Å². The van der Waals surface area contributed by atoms with Crippen LogP contribution in [0, 0.1) is 5.82 Å². The summed E-state index contributed by atoms with van der Waals surface area (Å²) in [5.41, 5.74) is 2.25. The Bertz CT molecular complexity index is 779. The number of carbonyl (C=O) groups excluding carboxylic acids is 2. The number of hydrogen-bond acceptors (Lipinski definition) is 3. The fourth-order valence-electron chi connectivity index (χ4n) is 3.09. The Morgan fingerprint density at radius 3 is 2.73 bits per heavy atom. The lowest BCUT2D eigenvalue weighted by atomic mass is 9.91. The van der Waals surface area contributed by atoms with Gasteiger partial charge in [0.25, 0.3) is 0 Å². The predicted molar refractivity (Wildman–Crippen MR) is 79.9 cm³/mol. The van der Waals surface area contributed by atoms with Crippen molar-refractivity contribution in [1.82, 2.24) is 15.1 Å².